The fraction of sp³-hybridized carbons (Fsp3) is 0.571. The number of hydrogen-bond donors (Lipinski definition) is 2. The van der Waals surface area contributed by atoms with Crippen molar-refractivity contribution in [3.8, 4) is 0 Å². The van der Waals surface area contributed by atoms with Gasteiger partial charge in [0, 0.05) is 24.8 Å². The first-order chi connectivity index (χ1) is 9.27. The average molecular weight is 260 g/mol. The predicted octanol–water partition coefficient (Wildman–Crippen LogP) is 2.05. The summed E-state index contributed by atoms with van der Waals surface area (Å²) in [6, 6.07) is 1.82. The molecule has 5 nitrogen and oxygen atoms in total. The van der Waals surface area contributed by atoms with Crippen molar-refractivity contribution in [1.29, 1.82) is 0 Å². The molecule has 5 heteroatoms. The van der Waals surface area contributed by atoms with Crippen LogP contribution in [0.4, 0.5) is 10.5 Å². The lowest BCUT2D eigenvalue weighted by atomic mass is 9.92. The molecule has 1 fully saturated rings. The summed E-state index contributed by atoms with van der Waals surface area (Å²) >= 11 is 0. The van der Waals surface area contributed by atoms with E-state index in [-0.39, 0.29) is 12.1 Å². The maximum absolute atomic E-state index is 11.6. The van der Waals surface area contributed by atoms with Crippen molar-refractivity contribution in [2.75, 3.05) is 18.4 Å². The number of nitrogens with one attached hydrogen (secondary N) is 1. The summed E-state index contributed by atoms with van der Waals surface area (Å²) < 4.78 is 0. The molecule has 0 radical (unpaired) electrons. The number of carbonyl (C=O) groups excluding carboxylic acids is 1. The number of pyridine rings is 1. The second kappa shape index (κ2) is 5.07. The van der Waals surface area contributed by atoms with E-state index in [1.54, 1.807) is 4.90 Å². The van der Waals surface area contributed by atoms with Crippen molar-refractivity contribution in [1.82, 2.24) is 9.88 Å². The molecule has 1 atom stereocenters. The first-order valence-corrected chi connectivity index (χ1v) is 7.05. The molecule has 0 saturated carbocycles. The summed E-state index contributed by atoms with van der Waals surface area (Å²) in [4.78, 5) is 17.9. The molecule has 2 amide bonds. The van der Waals surface area contributed by atoms with Gasteiger partial charge in [0.25, 0.3) is 0 Å². The van der Waals surface area contributed by atoms with Crippen LogP contribution < -0.4 is 11.1 Å². The van der Waals surface area contributed by atoms with Gasteiger partial charge in [-0.3, -0.25) is 4.98 Å². The zero-order valence-corrected chi connectivity index (χ0v) is 11.1. The molecule has 0 spiro atoms. The van der Waals surface area contributed by atoms with E-state index in [2.05, 4.69) is 10.3 Å². The Morgan fingerprint density at radius 3 is 3.16 bits per heavy atom. The van der Waals surface area contributed by atoms with Gasteiger partial charge >= 0.3 is 6.03 Å². The van der Waals surface area contributed by atoms with E-state index in [9.17, 15) is 4.79 Å². The SMILES string of the molecule is NC(=O)N1CCCCC1c1ccnc2c1NCCC2. The lowest BCUT2D eigenvalue weighted by molar-refractivity contribution is 0.160. The van der Waals surface area contributed by atoms with Crippen LogP contribution in [0.15, 0.2) is 12.3 Å². The molecule has 0 aliphatic carbocycles. The summed E-state index contributed by atoms with van der Waals surface area (Å²) in [5.74, 6) is 0. The first kappa shape index (κ1) is 12.3. The number of primary amides is 1. The van der Waals surface area contributed by atoms with Gasteiger partial charge < -0.3 is 16.0 Å². The minimum atomic E-state index is -0.314. The van der Waals surface area contributed by atoms with E-state index in [1.165, 1.54) is 5.56 Å². The number of fused-ring (bicyclic) bond motifs is 1. The van der Waals surface area contributed by atoms with Gasteiger partial charge in [-0.2, -0.15) is 0 Å². The van der Waals surface area contributed by atoms with E-state index in [0.29, 0.717) is 0 Å². The Bertz CT molecular complexity index is 488. The third kappa shape index (κ3) is 2.25. The molecule has 1 aromatic rings. The minimum absolute atomic E-state index is 0.105. The van der Waals surface area contributed by atoms with Crippen LogP contribution in [-0.4, -0.2) is 29.0 Å². The Hall–Kier alpha value is -1.78. The predicted molar refractivity (Wildman–Crippen MR) is 73.9 cm³/mol. The summed E-state index contributed by atoms with van der Waals surface area (Å²) in [6.45, 7) is 1.74. The highest BCUT2D eigenvalue weighted by atomic mass is 16.2. The van der Waals surface area contributed by atoms with Crippen molar-refractivity contribution >= 4 is 11.7 Å². The number of anilines is 1. The van der Waals surface area contributed by atoms with E-state index >= 15 is 0 Å². The fourth-order valence-corrected chi connectivity index (χ4v) is 3.18. The Morgan fingerprint density at radius 2 is 2.32 bits per heavy atom. The molecule has 3 rings (SSSR count). The number of nitrogens with two attached hydrogens (primary N) is 1. The maximum atomic E-state index is 11.6. The van der Waals surface area contributed by atoms with Gasteiger partial charge in [0.2, 0.25) is 0 Å². The van der Waals surface area contributed by atoms with Crippen molar-refractivity contribution < 1.29 is 4.79 Å². The van der Waals surface area contributed by atoms with Crippen LogP contribution in [0.25, 0.3) is 0 Å². The standard InChI is InChI=1S/C14H20N4O/c15-14(19)18-9-2-1-5-12(18)10-6-8-16-11-4-3-7-17-13(10)11/h6,8,12,17H,1-5,7,9H2,(H2,15,19). The van der Waals surface area contributed by atoms with Gasteiger partial charge in [-0.05, 0) is 38.2 Å². The number of amides is 2. The summed E-state index contributed by atoms with van der Waals surface area (Å²) in [7, 11) is 0. The van der Waals surface area contributed by atoms with Gasteiger partial charge in [-0.1, -0.05) is 0 Å². The number of carbonyl (C=O) groups is 1. The number of rotatable bonds is 1. The zero-order valence-electron chi connectivity index (χ0n) is 11.1. The third-order valence-electron chi connectivity index (χ3n) is 4.10. The van der Waals surface area contributed by atoms with Crippen molar-refractivity contribution in [2.45, 2.75) is 38.1 Å². The molecular weight excluding hydrogens is 240 g/mol. The fourth-order valence-electron chi connectivity index (χ4n) is 3.18. The largest absolute Gasteiger partial charge is 0.383 e. The molecule has 1 unspecified atom stereocenters. The van der Waals surface area contributed by atoms with Crippen LogP contribution in [0.5, 0.6) is 0 Å². The molecule has 102 valence electrons. The average Bonchev–Trinajstić information content (AvgIpc) is 2.46. The van der Waals surface area contributed by atoms with Gasteiger partial charge in [-0.25, -0.2) is 4.79 Å². The normalized spacial score (nSPS) is 22.5. The van der Waals surface area contributed by atoms with Crippen LogP contribution in [0.2, 0.25) is 0 Å². The lowest BCUT2D eigenvalue weighted by Crippen LogP contribution is -2.42. The Balaban J connectivity index is 1.98. The Morgan fingerprint density at radius 1 is 1.42 bits per heavy atom. The van der Waals surface area contributed by atoms with Crippen LogP contribution in [0.3, 0.4) is 0 Å². The number of nitrogens with zero attached hydrogens (tertiary/aromatic N) is 2. The topological polar surface area (TPSA) is 71.2 Å². The second-order valence-electron chi connectivity index (χ2n) is 5.30. The van der Waals surface area contributed by atoms with Crippen molar-refractivity contribution in [3.05, 3.63) is 23.5 Å². The molecule has 2 aliphatic heterocycles. The second-order valence-corrected chi connectivity index (χ2v) is 5.30. The summed E-state index contributed by atoms with van der Waals surface area (Å²) in [5, 5.41) is 3.45. The van der Waals surface area contributed by atoms with Crippen LogP contribution in [-0.2, 0) is 6.42 Å². The Kier molecular flexibility index (Phi) is 3.27. The first-order valence-electron chi connectivity index (χ1n) is 7.05. The molecule has 2 aliphatic rings. The number of aryl methyl sites for hydroxylation is 1. The minimum Gasteiger partial charge on any atom is -0.383 e. The van der Waals surface area contributed by atoms with Gasteiger partial charge in [0.1, 0.15) is 0 Å². The van der Waals surface area contributed by atoms with Crippen LogP contribution >= 0.6 is 0 Å². The molecule has 3 N–H and O–H groups in total. The molecule has 1 saturated heterocycles. The quantitative estimate of drug-likeness (QED) is 0.811. The van der Waals surface area contributed by atoms with Gasteiger partial charge in [-0.15, -0.1) is 0 Å². The molecule has 0 bridgehead atoms. The van der Waals surface area contributed by atoms with E-state index < -0.39 is 0 Å². The lowest BCUT2D eigenvalue weighted by Gasteiger charge is -2.36. The summed E-state index contributed by atoms with van der Waals surface area (Å²) in [6.07, 6.45) is 7.16. The van der Waals surface area contributed by atoms with Gasteiger partial charge in [0.15, 0.2) is 0 Å². The molecular formula is C14H20N4O. The van der Waals surface area contributed by atoms with Crippen LogP contribution in [0.1, 0.15) is 43.0 Å². The molecule has 0 aromatic carbocycles. The Labute approximate surface area is 113 Å². The van der Waals surface area contributed by atoms with E-state index in [1.807, 2.05) is 12.3 Å². The van der Waals surface area contributed by atoms with Crippen molar-refractivity contribution in [2.24, 2.45) is 5.73 Å². The number of aromatic nitrogens is 1. The summed E-state index contributed by atoms with van der Waals surface area (Å²) in [5.41, 5.74) is 8.96. The number of likely N-dealkylation sites (tertiary alicyclic amines) is 1. The highest BCUT2D eigenvalue weighted by Crippen LogP contribution is 2.37. The highest BCUT2D eigenvalue weighted by molar-refractivity contribution is 5.73. The zero-order chi connectivity index (χ0) is 13.2. The maximum Gasteiger partial charge on any atom is 0.315 e. The third-order valence-corrected chi connectivity index (χ3v) is 4.10. The smallest absolute Gasteiger partial charge is 0.315 e. The molecule has 3 heterocycles. The van der Waals surface area contributed by atoms with E-state index in [0.717, 1.165) is 56.6 Å². The number of hydrogen-bond acceptors (Lipinski definition) is 3. The van der Waals surface area contributed by atoms with Gasteiger partial charge in [0.05, 0.1) is 17.4 Å². The van der Waals surface area contributed by atoms with E-state index in [4.69, 9.17) is 5.73 Å². The number of urea groups is 1. The molecule has 1 aromatic heterocycles. The highest BCUT2D eigenvalue weighted by Gasteiger charge is 2.29. The number of piperidine rings is 1. The molecule has 19 heavy (non-hydrogen) atoms. The van der Waals surface area contributed by atoms with Crippen LogP contribution in [0, 0.1) is 0 Å². The monoisotopic (exact) mass is 260 g/mol. The van der Waals surface area contributed by atoms with Crippen molar-refractivity contribution in [3.63, 3.8) is 0 Å².